The molecule has 0 unspecified atom stereocenters. The highest BCUT2D eigenvalue weighted by molar-refractivity contribution is 5.92. The fourth-order valence-electron chi connectivity index (χ4n) is 2.37. The van der Waals surface area contributed by atoms with Gasteiger partial charge in [0.25, 0.3) is 5.91 Å². The van der Waals surface area contributed by atoms with Crippen LogP contribution in [-0.2, 0) is 20.7 Å². The van der Waals surface area contributed by atoms with Gasteiger partial charge in [0.15, 0.2) is 6.61 Å². The summed E-state index contributed by atoms with van der Waals surface area (Å²) in [5, 5.41) is 5.19. The largest absolute Gasteiger partial charge is 0.452 e. The lowest BCUT2D eigenvalue weighted by atomic mass is 10.1. The number of carbonyl (C=O) groups excluding carboxylic acids is 3. The first kappa shape index (κ1) is 22.9. The Balaban J connectivity index is 1.72. The van der Waals surface area contributed by atoms with Crippen molar-refractivity contribution in [2.24, 2.45) is 0 Å². The molecule has 0 bridgehead atoms. The quantitative estimate of drug-likeness (QED) is 0.672. The Morgan fingerprint density at radius 3 is 2.20 bits per heavy atom. The van der Waals surface area contributed by atoms with Gasteiger partial charge in [-0.05, 0) is 69.2 Å². The number of esters is 1. The van der Waals surface area contributed by atoms with Crippen molar-refractivity contribution in [3.63, 3.8) is 0 Å². The number of ether oxygens (including phenoxy) is 2. The van der Waals surface area contributed by atoms with Crippen molar-refractivity contribution in [3.05, 3.63) is 65.5 Å². The second-order valence-electron chi connectivity index (χ2n) is 7.51. The summed E-state index contributed by atoms with van der Waals surface area (Å²) in [5.41, 5.74) is 0.963. The van der Waals surface area contributed by atoms with Gasteiger partial charge in [0.05, 0.1) is 5.56 Å². The van der Waals surface area contributed by atoms with Crippen molar-refractivity contribution in [2.75, 3.05) is 18.5 Å². The van der Waals surface area contributed by atoms with Crippen molar-refractivity contribution < 1.29 is 28.2 Å². The fourth-order valence-corrected chi connectivity index (χ4v) is 2.37. The van der Waals surface area contributed by atoms with Crippen molar-refractivity contribution in [1.29, 1.82) is 0 Å². The van der Waals surface area contributed by atoms with Crippen LogP contribution in [0.3, 0.4) is 0 Å². The Bertz CT molecular complexity index is 874. The average molecular weight is 416 g/mol. The molecule has 0 radical (unpaired) electrons. The number of amides is 2. The second kappa shape index (κ2) is 10.4. The van der Waals surface area contributed by atoms with E-state index in [4.69, 9.17) is 9.47 Å². The topological polar surface area (TPSA) is 93.7 Å². The number of carbonyl (C=O) groups is 3. The van der Waals surface area contributed by atoms with Crippen LogP contribution in [0.25, 0.3) is 0 Å². The van der Waals surface area contributed by atoms with E-state index >= 15 is 0 Å². The second-order valence-corrected chi connectivity index (χ2v) is 7.51. The first-order valence-electron chi connectivity index (χ1n) is 9.41. The number of anilines is 1. The Hall–Kier alpha value is -3.42. The third kappa shape index (κ3) is 8.30. The van der Waals surface area contributed by atoms with Crippen LogP contribution in [0.15, 0.2) is 48.5 Å². The molecule has 0 saturated carbocycles. The molecule has 2 aromatic rings. The fraction of sp³-hybridized carbons (Fsp3) is 0.318. The number of rotatable bonds is 7. The average Bonchev–Trinajstić information content (AvgIpc) is 2.66. The third-order valence-electron chi connectivity index (χ3n) is 3.75. The summed E-state index contributed by atoms with van der Waals surface area (Å²) in [6, 6.07) is 12.0. The number of benzene rings is 2. The van der Waals surface area contributed by atoms with Gasteiger partial charge >= 0.3 is 12.1 Å². The highest BCUT2D eigenvalue weighted by Crippen LogP contribution is 2.13. The lowest BCUT2D eigenvalue weighted by molar-refractivity contribution is -0.124. The van der Waals surface area contributed by atoms with E-state index in [0.717, 1.165) is 5.56 Å². The summed E-state index contributed by atoms with van der Waals surface area (Å²) in [7, 11) is 0. The highest BCUT2D eigenvalue weighted by atomic mass is 19.1. The van der Waals surface area contributed by atoms with Crippen LogP contribution in [-0.4, -0.2) is 36.7 Å². The summed E-state index contributed by atoms with van der Waals surface area (Å²) in [6.07, 6.45) is -0.0679. The minimum atomic E-state index is -0.660. The van der Waals surface area contributed by atoms with Crippen LogP contribution in [0.5, 0.6) is 0 Å². The summed E-state index contributed by atoms with van der Waals surface area (Å²) in [5.74, 6) is -1.41. The zero-order chi connectivity index (χ0) is 22.1. The van der Waals surface area contributed by atoms with Crippen LogP contribution < -0.4 is 10.6 Å². The lowest BCUT2D eigenvalue weighted by Crippen LogP contribution is -2.30. The summed E-state index contributed by atoms with van der Waals surface area (Å²) in [4.78, 5) is 35.6. The molecule has 2 amide bonds. The Labute approximate surface area is 174 Å². The van der Waals surface area contributed by atoms with Gasteiger partial charge in [0, 0.05) is 12.2 Å². The maximum atomic E-state index is 12.8. The van der Waals surface area contributed by atoms with Crippen molar-refractivity contribution in [3.8, 4) is 0 Å². The molecular weight excluding hydrogens is 391 g/mol. The molecule has 30 heavy (non-hydrogen) atoms. The van der Waals surface area contributed by atoms with Gasteiger partial charge in [-0.15, -0.1) is 0 Å². The first-order valence-corrected chi connectivity index (χ1v) is 9.41. The highest BCUT2D eigenvalue weighted by Gasteiger charge is 2.16. The number of halogens is 1. The van der Waals surface area contributed by atoms with Crippen LogP contribution in [0, 0.1) is 5.82 Å². The van der Waals surface area contributed by atoms with Crippen LogP contribution in [0.2, 0.25) is 0 Å². The number of nitrogens with one attached hydrogen (secondary N) is 2. The summed E-state index contributed by atoms with van der Waals surface area (Å²) in [6.45, 7) is 5.19. The molecule has 0 atom stereocenters. The predicted octanol–water partition coefficient (Wildman–Crippen LogP) is 3.69. The van der Waals surface area contributed by atoms with E-state index in [2.05, 4.69) is 10.6 Å². The van der Waals surface area contributed by atoms with Gasteiger partial charge in [0.1, 0.15) is 11.4 Å². The van der Waals surface area contributed by atoms with E-state index < -0.39 is 30.2 Å². The lowest BCUT2D eigenvalue weighted by Gasteiger charge is -2.19. The van der Waals surface area contributed by atoms with Crippen molar-refractivity contribution >= 4 is 23.7 Å². The number of hydrogen-bond acceptors (Lipinski definition) is 5. The molecule has 0 aliphatic carbocycles. The molecule has 2 N–H and O–H groups in total. The molecule has 0 heterocycles. The monoisotopic (exact) mass is 416 g/mol. The van der Waals surface area contributed by atoms with Gasteiger partial charge < -0.3 is 14.8 Å². The SMILES string of the molecule is CC(C)(C)OC(=O)Nc1ccc(C(=O)OCC(=O)NCCc2ccc(F)cc2)cc1. The van der Waals surface area contributed by atoms with E-state index in [1.165, 1.54) is 36.4 Å². The van der Waals surface area contributed by atoms with Crippen LogP contribution >= 0.6 is 0 Å². The van der Waals surface area contributed by atoms with Gasteiger partial charge in [-0.1, -0.05) is 12.1 Å². The van der Waals surface area contributed by atoms with E-state index in [0.29, 0.717) is 18.7 Å². The van der Waals surface area contributed by atoms with Gasteiger partial charge in [-0.2, -0.15) is 0 Å². The van der Waals surface area contributed by atoms with Crippen LogP contribution in [0.1, 0.15) is 36.7 Å². The third-order valence-corrected chi connectivity index (χ3v) is 3.75. The van der Waals surface area contributed by atoms with Crippen molar-refractivity contribution in [1.82, 2.24) is 5.32 Å². The Morgan fingerprint density at radius 2 is 1.60 bits per heavy atom. The van der Waals surface area contributed by atoms with E-state index in [1.807, 2.05) is 0 Å². The van der Waals surface area contributed by atoms with Gasteiger partial charge in [-0.25, -0.2) is 14.0 Å². The molecule has 0 spiro atoms. The van der Waals surface area contributed by atoms with Gasteiger partial charge in [-0.3, -0.25) is 10.1 Å². The Kier molecular flexibility index (Phi) is 7.91. The molecular formula is C22H25FN2O5. The van der Waals surface area contributed by atoms with Crippen LogP contribution in [0.4, 0.5) is 14.9 Å². The first-order chi connectivity index (χ1) is 14.1. The molecule has 160 valence electrons. The Morgan fingerprint density at radius 1 is 0.967 bits per heavy atom. The molecule has 0 fully saturated rings. The number of hydrogen-bond donors (Lipinski definition) is 2. The zero-order valence-electron chi connectivity index (χ0n) is 17.2. The zero-order valence-corrected chi connectivity index (χ0v) is 17.2. The van der Waals surface area contributed by atoms with E-state index in [1.54, 1.807) is 32.9 Å². The van der Waals surface area contributed by atoms with Gasteiger partial charge in [0.2, 0.25) is 0 Å². The minimum Gasteiger partial charge on any atom is -0.452 e. The maximum absolute atomic E-state index is 12.8. The summed E-state index contributed by atoms with van der Waals surface area (Å²) < 4.78 is 23.0. The smallest absolute Gasteiger partial charge is 0.412 e. The standard InChI is InChI=1S/C22H25FN2O5/c1-22(2,3)30-21(28)25-18-10-6-16(7-11-18)20(27)29-14-19(26)24-13-12-15-4-8-17(23)9-5-15/h4-11H,12-14H2,1-3H3,(H,24,26)(H,25,28). The molecule has 0 aliphatic heterocycles. The summed E-state index contributed by atoms with van der Waals surface area (Å²) >= 11 is 0. The maximum Gasteiger partial charge on any atom is 0.412 e. The van der Waals surface area contributed by atoms with E-state index in [9.17, 15) is 18.8 Å². The van der Waals surface area contributed by atoms with E-state index in [-0.39, 0.29) is 11.4 Å². The normalized spacial score (nSPS) is 10.8. The predicted molar refractivity (Wildman–Crippen MR) is 110 cm³/mol. The molecule has 0 saturated heterocycles. The molecule has 7 nitrogen and oxygen atoms in total. The van der Waals surface area contributed by atoms with Crippen molar-refractivity contribution in [2.45, 2.75) is 32.8 Å². The molecule has 2 rings (SSSR count). The molecule has 0 aliphatic rings. The molecule has 2 aromatic carbocycles. The minimum absolute atomic E-state index is 0.240. The molecule has 0 aromatic heterocycles. The molecule has 8 heteroatoms.